The molecule has 2 aliphatic rings. The van der Waals surface area contributed by atoms with Gasteiger partial charge in [0, 0.05) is 47.9 Å². The first kappa shape index (κ1) is 16.4. The van der Waals surface area contributed by atoms with E-state index in [-0.39, 0.29) is 11.8 Å². The summed E-state index contributed by atoms with van der Waals surface area (Å²) in [6.07, 6.45) is 4.28. The number of carboxylic acid groups (broad SMARTS) is 1. The van der Waals surface area contributed by atoms with Crippen LogP contribution in [0.5, 0.6) is 0 Å². The quantitative estimate of drug-likeness (QED) is 0.773. The van der Waals surface area contributed by atoms with E-state index < -0.39 is 5.97 Å². The van der Waals surface area contributed by atoms with Gasteiger partial charge in [0.25, 0.3) is 0 Å². The maximum absolute atomic E-state index is 10.9. The van der Waals surface area contributed by atoms with Gasteiger partial charge >= 0.3 is 5.97 Å². The number of nitrogens with zero attached hydrogens (tertiary/aromatic N) is 4. The summed E-state index contributed by atoms with van der Waals surface area (Å²) in [5.41, 5.74) is 4.43. The van der Waals surface area contributed by atoms with Gasteiger partial charge in [-0.15, -0.1) is 0 Å². The second-order valence-corrected chi connectivity index (χ2v) is 7.75. The van der Waals surface area contributed by atoms with Crippen LogP contribution in [0.25, 0.3) is 22.2 Å². The fourth-order valence-electron chi connectivity index (χ4n) is 4.63. The minimum Gasteiger partial charge on any atom is -0.481 e. The average Bonchev–Trinajstić information content (AvgIpc) is 3.37. The first-order chi connectivity index (χ1) is 13.1. The molecule has 4 heterocycles. The SMILES string of the molecule is O=C(O)CCN1CCC2(CCn3nc(-c4cnc5ccccc5c4)cc32)C1. The minimum absolute atomic E-state index is 0.119. The zero-order chi connectivity index (χ0) is 18.4. The van der Waals surface area contributed by atoms with Crippen molar-refractivity contribution in [3.05, 3.63) is 48.3 Å². The third kappa shape index (κ3) is 2.80. The molecule has 6 nitrogen and oxygen atoms in total. The lowest BCUT2D eigenvalue weighted by Crippen LogP contribution is -2.30. The van der Waals surface area contributed by atoms with Crippen LogP contribution in [0.4, 0.5) is 0 Å². The molecular weight excluding hydrogens is 340 g/mol. The van der Waals surface area contributed by atoms with Crippen molar-refractivity contribution in [1.29, 1.82) is 0 Å². The van der Waals surface area contributed by atoms with Crippen LogP contribution in [-0.2, 0) is 16.8 Å². The van der Waals surface area contributed by atoms with Crippen LogP contribution in [0.2, 0.25) is 0 Å². The van der Waals surface area contributed by atoms with E-state index in [1.807, 2.05) is 24.4 Å². The molecule has 2 aliphatic heterocycles. The largest absolute Gasteiger partial charge is 0.481 e. The van der Waals surface area contributed by atoms with Gasteiger partial charge in [-0.05, 0) is 37.6 Å². The summed E-state index contributed by atoms with van der Waals surface area (Å²) in [6, 6.07) is 12.5. The lowest BCUT2D eigenvalue weighted by Gasteiger charge is -2.23. The average molecular weight is 362 g/mol. The normalized spacial score (nSPS) is 21.9. The van der Waals surface area contributed by atoms with Crippen LogP contribution in [0, 0.1) is 0 Å². The molecule has 0 bridgehead atoms. The van der Waals surface area contributed by atoms with Gasteiger partial charge in [0.05, 0.1) is 17.6 Å². The Balaban J connectivity index is 1.43. The molecule has 1 aromatic carbocycles. The van der Waals surface area contributed by atoms with E-state index in [1.54, 1.807) is 0 Å². The van der Waals surface area contributed by atoms with Crippen molar-refractivity contribution < 1.29 is 9.90 Å². The molecular formula is C21H22N4O2. The Kier molecular flexibility index (Phi) is 3.75. The standard InChI is InChI=1S/C21H22N4O2/c26-20(27)5-8-24-9-6-21(14-24)7-10-25-19(21)12-18(23-25)16-11-15-3-1-2-4-17(15)22-13-16/h1-4,11-13H,5-10,14H2,(H,26,27). The van der Waals surface area contributed by atoms with Crippen molar-refractivity contribution in [2.24, 2.45) is 0 Å². The number of likely N-dealkylation sites (tertiary alicyclic amines) is 1. The number of pyridine rings is 1. The topological polar surface area (TPSA) is 71.2 Å². The van der Waals surface area contributed by atoms with Gasteiger partial charge in [-0.25, -0.2) is 0 Å². The van der Waals surface area contributed by atoms with E-state index in [4.69, 9.17) is 10.2 Å². The Morgan fingerprint density at radius 1 is 1.19 bits per heavy atom. The highest BCUT2D eigenvalue weighted by Gasteiger charge is 2.45. The third-order valence-corrected chi connectivity index (χ3v) is 6.09. The van der Waals surface area contributed by atoms with E-state index in [0.29, 0.717) is 6.54 Å². The number of hydrogen-bond acceptors (Lipinski definition) is 4. The minimum atomic E-state index is -0.724. The second kappa shape index (κ2) is 6.16. The molecule has 0 aliphatic carbocycles. The fraction of sp³-hybridized carbons (Fsp3) is 0.381. The first-order valence-electron chi connectivity index (χ1n) is 9.51. The van der Waals surface area contributed by atoms with Crippen LogP contribution >= 0.6 is 0 Å². The highest BCUT2D eigenvalue weighted by molar-refractivity contribution is 5.82. The Labute approximate surface area is 157 Å². The molecule has 5 rings (SSSR count). The second-order valence-electron chi connectivity index (χ2n) is 7.75. The maximum Gasteiger partial charge on any atom is 0.304 e. The number of carboxylic acids is 1. The Hall–Kier alpha value is -2.73. The zero-order valence-electron chi connectivity index (χ0n) is 15.1. The number of benzene rings is 1. The van der Waals surface area contributed by atoms with Gasteiger partial charge in [0.2, 0.25) is 0 Å². The number of aliphatic carboxylic acids is 1. The summed E-state index contributed by atoms with van der Waals surface area (Å²) in [6.45, 7) is 3.46. The highest BCUT2D eigenvalue weighted by atomic mass is 16.4. The lowest BCUT2D eigenvalue weighted by molar-refractivity contribution is -0.137. The van der Waals surface area contributed by atoms with Gasteiger partial charge in [-0.3, -0.25) is 14.5 Å². The van der Waals surface area contributed by atoms with E-state index in [9.17, 15) is 4.79 Å². The molecule has 27 heavy (non-hydrogen) atoms. The lowest BCUT2D eigenvalue weighted by atomic mass is 9.82. The molecule has 0 amide bonds. The first-order valence-corrected chi connectivity index (χ1v) is 9.51. The molecule has 6 heteroatoms. The fourth-order valence-corrected chi connectivity index (χ4v) is 4.63. The molecule has 1 spiro atoms. The Bertz CT molecular complexity index is 1030. The van der Waals surface area contributed by atoms with Gasteiger partial charge in [-0.2, -0.15) is 5.10 Å². The summed E-state index contributed by atoms with van der Waals surface area (Å²) in [5, 5.41) is 14.9. The molecule has 3 aromatic rings. The van der Waals surface area contributed by atoms with Crippen LogP contribution < -0.4 is 0 Å². The number of fused-ring (bicyclic) bond motifs is 3. The maximum atomic E-state index is 10.9. The molecule has 1 saturated heterocycles. The number of para-hydroxylation sites is 1. The highest BCUT2D eigenvalue weighted by Crippen LogP contribution is 2.43. The van der Waals surface area contributed by atoms with Crippen LogP contribution in [-0.4, -0.2) is 50.4 Å². The molecule has 0 saturated carbocycles. The van der Waals surface area contributed by atoms with Gasteiger partial charge in [0.15, 0.2) is 0 Å². The Morgan fingerprint density at radius 3 is 2.93 bits per heavy atom. The Morgan fingerprint density at radius 2 is 2.04 bits per heavy atom. The van der Waals surface area contributed by atoms with Crippen molar-refractivity contribution in [3.63, 3.8) is 0 Å². The summed E-state index contributed by atoms with van der Waals surface area (Å²) in [4.78, 5) is 17.7. The van der Waals surface area contributed by atoms with Crippen molar-refractivity contribution in [2.45, 2.75) is 31.2 Å². The summed E-state index contributed by atoms with van der Waals surface area (Å²) < 4.78 is 2.14. The molecule has 2 aromatic heterocycles. The van der Waals surface area contributed by atoms with E-state index in [0.717, 1.165) is 54.6 Å². The number of aromatic nitrogens is 3. The van der Waals surface area contributed by atoms with Crippen LogP contribution in [0.1, 0.15) is 25.0 Å². The molecule has 1 fully saturated rings. The van der Waals surface area contributed by atoms with Gasteiger partial charge in [-0.1, -0.05) is 18.2 Å². The monoisotopic (exact) mass is 362 g/mol. The summed E-state index contributed by atoms with van der Waals surface area (Å²) >= 11 is 0. The molecule has 1 unspecified atom stereocenters. The predicted molar refractivity (Wildman–Crippen MR) is 103 cm³/mol. The molecule has 1 atom stereocenters. The van der Waals surface area contributed by atoms with Crippen molar-refractivity contribution in [3.8, 4) is 11.3 Å². The van der Waals surface area contributed by atoms with Crippen molar-refractivity contribution in [2.75, 3.05) is 19.6 Å². The van der Waals surface area contributed by atoms with Crippen molar-refractivity contribution in [1.82, 2.24) is 19.7 Å². The smallest absolute Gasteiger partial charge is 0.304 e. The number of rotatable bonds is 4. The number of carbonyl (C=O) groups is 1. The number of aryl methyl sites for hydroxylation is 1. The van der Waals surface area contributed by atoms with Crippen LogP contribution in [0.15, 0.2) is 42.6 Å². The molecule has 138 valence electrons. The van der Waals surface area contributed by atoms with Crippen LogP contribution in [0.3, 0.4) is 0 Å². The van der Waals surface area contributed by atoms with E-state index in [1.165, 1.54) is 5.69 Å². The van der Waals surface area contributed by atoms with Gasteiger partial charge in [0.1, 0.15) is 0 Å². The zero-order valence-corrected chi connectivity index (χ0v) is 15.1. The third-order valence-electron chi connectivity index (χ3n) is 6.09. The number of hydrogen-bond donors (Lipinski definition) is 1. The van der Waals surface area contributed by atoms with Crippen molar-refractivity contribution >= 4 is 16.9 Å². The summed E-state index contributed by atoms with van der Waals surface area (Å²) in [5.74, 6) is -0.724. The summed E-state index contributed by atoms with van der Waals surface area (Å²) in [7, 11) is 0. The van der Waals surface area contributed by atoms with E-state index >= 15 is 0 Å². The van der Waals surface area contributed by atoms with E-state index in [2.05, 4.69) is 32.8 Å². The molecule has 1 N–H and O–H groups in total. The van der Waals surface area contributed by atoms with Gasteiger partial charge < -0.3 is 10.0 Å². The predicted octanol–water partition coefficient (Wildman–Crippen LogP) is 2.92. The molecule has 0 radical (unpaired) electrons.